The molecule has 2 rings (SSSR count). The first-order valence-corrected chi connectivity index (χ1v) is 8.11. The molecule has 0 radical (unpaired) electrons. The normalized spacial score (nSPS) is 18.0. The Bertz CT molecular complexity index is 666. The Kier molecular flexibility index (Phi) is 3.99. The number of rotatable bonds is 6. The average molecular weight is 313 g/mol. The Morgan fingerprint density at radius 2 is 2.05 bits per heavy atom. The number of carbonyl (C=O) groups is 1. The number of carboxylic acid groups (broad SMARTS) is 1. The highest BCUT2D eigenvalue weighted by Gasteiger charge is 2.50. The van der Waals surface area contributed by atoms with Crippen molar-refractivity contribution in [2.75, 3.05) is 7.11 Å². The number of nitrogens with one attached hydrogen (secondary N) is 1. The molecule has 1 fully saturated rings. The minimum absolute atomic E-state index is 0.0434. The highest BCUT2D eigenvalue weighted by atomic mass is 32.2. The summed E-state index contributed by atoms with van der Waals surface area (Å²) in [7, 11) is -2.61. The number of ether oxygens (including phenoxy) is 1. The Morgan fingerprint density at radius 3 is 2.52 bits per heavy atom. The molecule has 0 saturated heterocycles. The van der Waals surface area contributed by atoms with Crippen molar-refractivity contribution in [1.29, 1.82) is 0 Å². The number of hydrogen-bond donors (Lipinski definition) is 2. The second kappa shape index (κ2) is 5.31. The van der Waals surface area contributed by atoms with E-state index in [-0.39, 0.29) is 16.6 Å². The average Bonchev–Trinajstić information content (AvgIpc) is 3.22. The van der Waals surface area contributed by atoms with Gasteiger partial charge in [0.2, 0.25) is 10.0 Å². The van der Waals surface area contributed by atoms with E-state index in [1.165, 1.54) is 20.1 Å². The number of benzene rings is 1. The third kappa shape index (κ3) is 3.03. The minimum atomic E-state index is -3.99. The highest BCUT2D eigenvalue weighted by molar-refractivity contribution is 7.89. The van der Waals surface area contributed by atoms with Gasteiger partial charge in [-0.2, -0.15) is 4.72 Å². The number of methoxy groups -OCH3 is 1. The molecule has 1 atom stereocenters. The molecule has 1 aromatic carbocycles. The molecule has 0 aliphatic heterocycles. The van der Waals surface area contributed by atoms with Crippen molar-refractivity contribution in [2.45, 2.75) is 37.1 Å². The van der Waals surface area contributed by atoms with Crippen LogP contribution in [-0.2, 0) is 14.8 Å². The number of sulfonamides is 1. The molecule has 1 saturated carbocycles. The summed E-state index contributed by atoms with van der Waals surface area (Å²) < 4.78 is 32.5. The summed E-state index contributed by atoms with van der Waals surface area (Å²) in [5.74, 6) is -1.16. The molecule has 21 heavy (non-hydrogen) atoms. The summed E-state index contributed by atoms with van der Waals surface area (Å²) in [4.78, 5) is 11.4. The van der Waals surface area contributed by atoms with Gasteiger partial charge in [0.05, 0.1) is 7.11 Å². The minimum Gasteiger partial charge on any atom is -0.495 e. The summed E-state index contributed by atoms with van der Waals surface area (Å²) in [6, 6.07) is 4.75. The number of aliphatic carboxylic acids is 1. The topological polar surface area (TPSA) is 92.7 Å². The van der Waals surface area contributed by atoms with Gasteiger partial charge in [-0.25, -0.2) is 8.42 Å². The zero-order chi connectivity index (χ0) is 15.8. The molecular weight excluding hydrogens is 294 g/mol. The quantitative estimate of drug-likeness (QED) is 0.831. The van der Waals surface area contributed by atoms with E-state index < -0.39 is 21.5 Å². The van der Waals surface area contributed by atoms with Gasteiger partial charge >= 0.3 is 5.97 Å². The Labute approximate surface area is 124 Å². The number of aryl methyl sites for hydroxylation is 1. The van der Waals surface area contributed by atoms with Gasteiger partial charge in [0, 0.05) is 0 Å². The van der Waals surface area contributed by atoms with Crippen LogP contribution < -0.4 is 9.46 Å². The van der Waals surface area contributed by atoms with Crippen LogP contribution in [0.15, 0.2) is 23.1 Å². The van der Waals surface area contributed by atoms with Crippen molar-refractivity contribution in [3.8, 4) is 5.75 Å². The molecule has 0 amide bonds. The first kappa shape index (κ1) is 15.8. The molecular formula is C14H19NO5S. The molecule has 0 spiro atoms. The molecule has 2 N–H and O–H groups in total. The van der Waals surface area contributed by atoms with E-state index in [9.17, 15) is 18.3 Å². The van der Waals surface area contributed by atoms with Crippen LogP contribution in [0.4, 0.5) is 0 Å². The van der Waals surface area contributed by atoms with Crippen LogP contribution in [0.1, 0.15) is 25.3 Å². The van der Waals surface area contributed by atoms with E-state index in [1.807, 2.05) is 0 Å². The fourth-order valence-electron chi connectivity index (χ4n) is 2.29. The van der Waals surface area contributed by atoms with Crippen molar-refractivity contribution >= 4 is 16.0 Å². The third-order valence-corrected chi connectivity index (χ3v) is 5.38. The summed E-state index contributed by atoms with van der Waals surface area (Å²) in [6.07, 6.45) is 1.41. The van der Waals surface area contributed by atoms with Crippen molar-refractivity contribution in [3.63, 3.8) is 0 Å². The second-order valence-electron chi connectivity index (χ2n) is 5.54. The second-order valence-corrected chi connectivity index (χ2v) is 7.19. The summed E-state index contributed by atoms with van der Waals surface area (Å²) in [5.41, 5.74) is -0.743. The van der Waals surface area contributed by atoms with Crippen LogP contribution in [0.25, 0.3) is 0 Å². The lowest BCUT2D eigenvalue weighted by atomic mass is 9.98. The Balaban J connectivity index is 2.43. The Hall–Kier alpha value is -1.60. The first-order valence-electron chi connectivity index (χ1n) is 6.62. The van der Waals surface area contributed by atoms with E-state index in [0.29, 0.717) is 12.8 Å². The largest absolute Gasteiger partial charge is 0.495 e. The third-order valence-electron chi connectivity index (χ3n) is 3.79. The van der Waals surface area contributed by atoms with Crippen LogP contribution in [0, 0.1) is 12.8 Å². The molecule has 0 heterocycles. The van der Waals surface area contributed by atoms with Gasteiger partial charge in [0.25, 0.3) is 0 Å². The van der Waals surface area contributed by atoms with Crippen LogP contribution in [0.5, 0.6) is 5.75 Å². The van der Waals surface area contributed by atoms with Gasteiger partial charge in [0.15, 0.2) is 0 Å². The molecule has 116 valence electrons. The maximum Gasteiger partial charge on any atom is 0.324 e. The lowest BCUT2D eigenvalue weighted by Crippen LogP contribution is -2.53. The standard InChI is InChI=1S/C14H19NO5S/c1-9-4-7-11(20-3)12(8-9)21(18,19)15-14(2,13(16)17)10-5-6-10/h4,7-8,10,15H,5-6H2,1-3H3,(H,16,17). The van der Waals surface area contributed by atoms with Crippen molar-refractivity contribution < 1.29 is 23.1 Å². The van der Waals surface area contributed by atoms with Crippen LogP contribution >= 0.6 is 0 Å². The predicted octanol–water partition coefficient (Wildman–Crippen LogP) is 1.54. The van der Waals surface area contributed by atoms with Gasteiger partial charge in [-0.1, -0.05) is 6.07 Å². The number of carboxylic acids is 1. The predicted molar refractivity (Wildman–Crippen MR) is 76.8 cm³/mol. The lowest BCUT2D eigenvalue weighted by Gasteiger charge is -2.26. The van der Waals surface area contributed by atoms with Crippen LogP contribution in [0.3, 0.4) is 0 Å². The van der Waals surface area contributed by atoms with Crippen LogP contribution in [-0.4, -0.2) is 32.1 Å². The van der Waals surface area contributed by atoms with E-state index in [4.69, 9.17) is 4.74 Å². The van der Waals surface area contributed by atoms with Gasteiger partial charge < -0.3 is 9.84 Å². The molecule has 1 unspecified atom stereocenters. The smallest absolute Gasteiger partial charge is 0.324 e. The van der Waals surface area contributed by atoms with Crippen molar-refractivity contribution in [1.82, 2.24) is 4.72 Å². The van der Waals surface area contributed by atoms with Gasteiger partial charge in [-0.3, -0.25) is 4.79 Å². The SMILES string of the molecule is COc1ccc(C)cc1S(=O)(=O)NC(C)(C(=O)O)C1CC1. The maximum atomic E-state index is 12.6. The van der Waals surface area contributed by atoms with Gasteiger partial charge in [-0.15, -0.1) is 0 Å². The van der Waals surface area contributed by atoms with E-state index in [1.54, 1.807) is 19.1 Å². The fraction of sp³-hybridized carbons (Fsp3) is 0.500. The van der Waals surface area contributed by atoms with E-state index in [0.717, 1.165) is 5.56 Å². The highest BCUT2D eigenvalue weighted by Crippen LogP contribution is 2.41. The number of hydrogen-bond acceptors (Lipinski definition) is 4. The molecule has 1 aliphatic carbocycles. The monoisotopic (exact) mass is 313 g/mol. The van der Waals surface area contributed by atoms with Crippen molar-refractivity contribution in [2.24, 2.45) is 5.92 Å². The fourth-order valence-corrected chi connectivity index (χ4v) is 3.97. The summed E-state index contributed by atoms with van der Waals surface area (Å²) in [5, 5.41) is 9.38. The summed E-state index contributed by atoms with van der Waals surface area (Å²) >= 11 is 0. The van der Waals surface area contributed by atoms with E-state index in [2.05, 4.69) is 4.72 Å². The maximum absolute atomic E-state index is 12.6. The zero-order valence-corrected chi connectivity index (χ0v) is 13.0. The molecule has 0 aromatic heterocycles. The molecule has 0 bridgehead atoms. The van der Waals surface area contributed by atoms with Crippen molar-refractivity contribution in [3.05, 3.63) is 23.8 Å². The molecule has 7 heteroatoms. The first-order chi connectivity index (χ1) is 9.70. The molecule has 1 aliphatic rings. The zero-order valence-electron chi connectivity index (χ0n) is 12.2. The molecule has 6 nitrogen and oxygen atoms in total. The van der Waals surface area contributed by atoms with Gasteiger partial charge in [-0.05, 0) is 50.3 Å². The van der Waals surface area contributed by atoms with Crippen LogP contribution in [0.2, 0.25) is 0 Å². The molecule has 1 aromatic rings. The van der Waals surface area contributed by atoms with Gasteiger partial charge in [0.1, 0.15) is 16.2 Å². The van der Waals surface area contributed by atoms with E-state index >= 15 is 0 Å². The summed E-state index contributed by atoms with van der Waals surface area (Å²) in [6.45, 7) is 3.17. The lowest BCUT2D eigenvalue weighted by molar-refractivity contribution is -0.144. The Morgan fingerprint density at radius 1 is 1.43 bits per heavy atom.